The Hall–Kier alpha value is -1.16. The largest absolute Gasteiger partial charge is 0.314 e. The van der Waals surface area contributed by atoms with Gasteiger partial charge < -0.3 is 10.3 Å². The van der Waals surface area contributed by atoms with E-state index in [0.717, 1.165) is 18.8 Å². The van der Waals surface area contributed by atoms with Crippen LogP contribution in [0.5, 0.6) is 0 Å². The lowest BCUT2D eigenvalue weighted by Gasteiger charge is -2.14. The molecular weight excluding hydrogens is 190 g/mol. The van der Waals surface area contributed by atoms with E-state index in [-0.39, 0.29) is 5.56 Å². The van der Waals surface area contributed by atoms with Gasteiger partial charge in [0.15, 0.2) is 0 Å². The fourth-order valence-corrected chi connectivity index (χ4v) is 2.02. The lowest BCUT2D eigenvalue weighted by molar-refractivity contribution is 0.496. The zero-order valence-electron chi connectivity index (χ0n) is 8.83. The highest BCUT2D eigenvalue weighted by Crippen LogP contribution is 2.10. The molecule has 1 fully saturated rings. The summed E-state index contributed by atoms with van der Waals surface area (Å²) in [6.07, 6.45) is 7.42. The van der Waals surface area contributed by atoms with Gasteiger partial charge >= 0.3 is 0 Å². The SMILES string of the molecule is O=c1ccnc(CC2CCCCCN2)[nH]1. The van der Waals surface area contributed by atoms with E-state index in [1.54, 1.807) is 6.20 Å². The number of hydrogen-bond donors (Lipinski definition) is 2. The smallest absolute Gasteiger partial charge is 0.250 e. The maximum atomic E-state index is 11.1. The molecule has 4 nitrogen and oxygen atoms in total. The van der Waals surface area contributed by atoms with Crippen molar-refractivity contribution in [2.45, 2.75) is 38.1 Å². The Bertz CT molecular complexity index is 353. The van der Waals surface area contributed by atoms with E-state index in [2.05, 4.69) is 15.3 Å². The highest BCUT2D eigenvalue weighted by molar-refractivity contribution is 4.93. The summed E-state index contributed by atoms with van der Waals surface area (Å²) in [7, 11) is 0. The average molecular weight is 207 g/mol. The van der Waals surface area contributed by atoms with Crippen molar-refractivity contribution in [2.75, 3.05) is 6.54 Å². The van der Waals surface area contributed by atoms with Crippen molar-refractivity contribution in [3.8, 4) is 0 Å². The molecule has 0 amide bonds. The molecule has 0 spiro atoms. The third-order valence-corrected chi connectivity index (χ3v) is 2.83. The summed E-state index contributed by atoms with van der Waals surface area (Å²) in [5, 5.41) is 3.49. The second-order valence-corrected chi connectivity index (χ2v) is 4.09. The van der Waals surface area contributed by atoms with Gasteiger partial charge in [-0.05, 0) is 19.4 Å². The van der Waals surface area contributed by atoms with Gasteiger partial charge in [-0.1, -0.05) is 12.8 Å². The predicted octanol–water partition coefficient (Wildman–Crippen LogP) is 0.845. The molecule has 1 aliphatic rings. The summed E-state index contributed by atoms with van der Waals surface area (Å²) in [5.41, 5.74) is -0.0615. The first-order valence-electron chi connectivity index (χ1n) is 5.62. The third kappa shape index (κ3) is 3.16. The van der Waals surface area contributed by atoms with E-state index < -0.39 is 0 Å². The van der Waals surface area contributed by atoms with Gasteiger partial charge in [-0.25, -0.2) is 4.98 Å². The van der Waals surface area contributed by atoms with Gasteiger partial charge in [-0.3, -0.25) is 4.79 Å². The lowest BCUT2D eigenvalue weighted by atomic mass is 10.1. The van der Waals surface area contributed by atoms with Gasteiger partial charge in [0, 0.05) is 24.7 Å². The molecular formula is C11H17N3O. The van der Waals surface area contributed by atoms with Crippen LogP contribution in [0.4, 0.5) is 0 Å². The summed E-state index contributed by atoms with van der Waals surface area (Å²) in [4.78, 5) is 18.0. The summed E-state index contributed by atoms with van der Waals surface area (Å²) in [6, 6.07) is 1.92. The summed E-state index contributed by atoms with van der Waals surface area (Å²) >= 11 is 0. The van der Waals surface area contributed by atoms with Gasteiger partial charge in [-0.15, -0.1) is 0 Å². The molecule has 4 heteroatoms. The Balaban J connectivity index is 1.98. The number of rotatable bonds is 2. The number of nitrogens with one attached hydrogen (secondary N) is 2. The Labute approximate surface area is 89.1 Å². The van der Waals surface area contributed by atoms with Crippen molar-refractivity contribution in [3.05, 3.63) is 28.4 Å². The Morgan fingerprint density at radius 2 is 2.33 bits per heavy atom. The molecule has 1 aromatic heterocycles. The van der Waals surface area contributed by atoms with Crippen LogP contribution in [0.1, 0.15) is 31.5 Å². The summed E-state index contributed by atoms with van der Waals surface area (Å²) < 4.78 is 0. The van der Waals surface area contributed by atoms with Crippen LogP contribution in [-0.4, -0.2) is 22.6 Å². The molecule has 0 radical (unpaired) electrons. The summed E-state index contributed by atoms with van der Waals surface area (Å²) in [5.74, 6) is 0.793. The molecule has 1 aliphatic heterocycles. The van der Waals surface area contributed by atoms with Crippen LogP contribution >= 0.6 is 0 Å². The minimum absolute atomic E-state index is 0.0615. The molecule has 15 heavy (non-hydrogen) atoms. The van der Waals surface area contributed by atoms with Crippen LogP contribution in [0, 0.1) is 0 Å². The van der Waals surface area contributed by atoms with Gasteiger partial charge in [0.05, 0.1) is 0 Å². The van der Waals surface area contributed by atoms with E-state index in [9.17, 15) is 4.79 Å². The number of aromatic amines is 1. The molecule has 0 bridgehead atoms. The fraction of sp³-hybridized carbons (Fsp3) is 0.636. The first-order valence-corrected chi connectivity index (χ1v) is 5.62. The minimum Gasteiger partial charge on any atom is -0.314 e. The number of H-pyrrole nitrogens is 1. The van der Waals surface area contributed by atoms with E-state index in [4.69, 9.17) is 0 Å². The average Bonchev–Trinajstić information content (AvgIpc) is 2.46. The second-order valence-electron chi connectivity index (χ2n) is 4.09. The lowest BCUT2D eigenvalue weighted by Crippen LogP contribution is -2.31. The van der Waals surface area contributed by atoms with Gasteiger partial charge in [-0.2, -0.15) is 0 Å². The molecule has 2 N–H and O–H groups in total. The van der Waals surface area contributed by atoms with E-state index in [0.29, 0.717) is 6.04 Å². The van der Waals surface area contributed by atoms with E-state index in [1.165, 1.54) is 31.7 Å². The highest BCUT2D eigenvalue weighted by atomic mass is 16.1. The Kier molecular flexibility index (Phi) is 3.50. The van der Waals surface area contributed by atoms with Crippen LogP contribution in [0.2, 0.25) is 0 Å². The quantitative estimate of drug-likeness (QED) is 0.755. The van der Waals surface area contributed by atoms with Crippen molar-refractivity contribution < 1.29 is 0 Å². The monoisotopic (exact) mass is 207 g/mol. The zero-order chi connectivity index (χ0) is 10.5. The minimum atomic E-state index is -0.0615. The predicted molar refractivity (Wildman–Crippen MR) is 58.8 cm³/mol. The second kappa shape index (κ2) is 5.07. The highest BCUT2D eigenvalue weighted by Gasteiger charge is 2.12. The molecule has 0 aliphatic carbocycles. The molecule has 0 aromatic carbocycles. The molecule has 1 unspecified atom stereocenters. The first-order chi connectivity index (χ1) is 7.34. The number of nitrogens with zero attached hydrogens (tertiary/aromatic N) is 1. The van der Waals surface area contributed by atoms with Crippen LogP contribution in [-0.2, 0) is 6.42 Å². The normalized spacial score (nSPS) is 22.3. The molecule has 1 atom stereocenters. The Morgan fingerprint density at radius 1 is 1.40 bits per heavy atom. The van der Waals surface area contributed by atoms with E-state index in [1.807, 2.05) is 0 Å². The van der Waals surface area contributed by atoms with Crippen molar-refractivity contribution in [2.24, 2.45) is 0 Å². The van der Waals surface area contributed by atoms with Crippen molar-refractivity contribution in [3.63, 3.8) is 0 Å². The maximum absolute atomic E-state index is 11.1. The topological polar surface area (TPSA) is 57.8 Å². The Morgan fingerprint density at radius 3 is 3.20 bits per heavy atom. The molecule has 1 aromatic rings. The van der Waals surface area contributed by atoms with Crippen LogP contribution in [0.15, 0.2) is 17.1 Å². The molecule has 2 rings (SSSR count). The van der Waals surface area contributed by atoms with Crippen LogP contribution in [0.3, 0.4) is 0 Å². The van der Waals surface area contributed by atoms with Gasteiger partial charge in [0.2, 0.25) is 0 Å². The van der Waals surface area contributed by atoms with Gasteiger partial charge in [0.1, 0.15) is 5.82 Å². The van der Waals surface area contributed by atoms with Crippen molar-refractivity contribution in [1.29, 1.82) is 0 Å². The number of hydrogen-bond acceptors (Lipinski definition) is 3. The molecule has 2 heterocycles. The standard InChI is InChI=1S/C11H17N3O/c15-11-5-7-13-10(14-11)8-9-4-2-1-3-6-12-9/h5,7,9,12H,1-4,6,8H2,(H,13,14,15). The van der Waals surface area contributed by atoms with Crippen LogP contribution < -0.4 is 10.9 Å². The van der Waals surface area contributed by atoms with Crippen LogP contribution in [0.25, 0.3) is 0 Å². The number of aromatic nitrogens is 2. The fourth-order valence-electron chi connectivity index (χ4n) is 2.02. The van der Waals surface area contributed by atoms with E-state index >= 15 is 0 Å². The molecule has 0 saturated carbocycles. The zero-order valence-corrected chi connectivity index (χ0v) is 8.83. The van der Waals surface area contributed by atoms with Crippen molar-refractivity contribution in [1.82, 2.24) is 15.3 Å². The van der Waals surface area contributed by atoms with Gasteiger partial charge in [0.25, 0.3) is 5.56 Å². The maximum Gasteiger partial charge on any atom is 0.250 e. The summed E-state index contributed by atoms with van der Waals surface area (Å²) in [6.45, 7) is 1.09. The van der Waals surface area contributed by atoms with Crippen molar-refractivity contribution >= 4 is 0 Å². The first kappa shape index (κ1) is 10.4. The molecule has 82 valence electrons. The molecule has 1 saturated heterocycles. The third-order valence-electron chi connectivity index (χ3n) is 2.83.